The molecule has 4 fully saturated rings. The second-order valence-corrected chi connectivity index (χ2v) is 7.49. The van der Waals surface area contributed by atoms with Crippen LogP contribution in [-0.4, -0.2) is 16.8 Å². The van der Waals surface area contributed by atoms with Gasteiger partial charge in [0.15, 0.2) is 5.82 Å². The maximum Gasteiger partial charge on any atom is 0.152 e. The number of hydrogen-bond acceptors (Lipinski definition) is 3. The number of nitrogens with zero attached hydrogens (tertiary/aromatic N) is 2. The van der Waals surface area contributed by atoms with Crippen LogP contribution in [0, 0.1) is 23.7 Å². The second-order valence-electron chi connectivity index (χ2n) is 7.49. The highest BCUT2D eigenvalue weighted by Crippen LogP contribution is 2.58. The van der Waals surface area contributed by atoms with E-state index in [0.29, 0.717) is 6.04 Å². The van der Waals surface area contributed by atoms with Crippen LogP contribution >= 0.6 is 0 Å². The monoisotopic (exact) mass is 272 g/mol. The lowest BCUT2D eigenvalue weighted by Gasteiger charge is -2.54. The van der Waals surface area contributed by atoms with Crippen molar-refractivity contribution in [3.8, 4) is 0 Å². The predicted octanol–water partition coefficient (Wildman–Crippen LogP) is 2.53. The first-order valence-electron chi connectivity index (χ1n) is 8.32. The predicted molar refractivity (Wildman–Crippen MR) is 78.4 cm³/mol. The van der Waals surface area contributed by atoms with Crippen molar-refractivity contribution in [2.45, 2.75) is 51.2 Å². The molecule has 0 saturated heterocycles. The summed E-state index contributed by atoms with van der Waals surface area (Å²) in [6.07, 6.45) is 7.40. The molecule has 4 aliphatic carbocycles. The molecule has 0 aromatic carbocycles. The van der Waals surface area contributed by atoms with E-state index in [1.54, 1.807) is 0 Å². The van der Waals surface area contributed by atoms with Crippen molar-refractivity contribution in [2.24, 2.45) is 23.7 Å². The average Bonchev–Trinajstić information content (AvgIpc) is 3.00. The second kappa shape index (κ2) is 4.00. The maximum absolute atomic E-state index is 4.96. The van der Waals surface area contributed by atoms with Gasteiger partial charge in [-0.2, -0.15) is 5.10 Å². The summed E-state index contributed by atoms with van der Waals surface area (Å²) in [5, 5.41) is 11.8. The highest BCUT2D eigenvalue weighted by atomic mass is 15.4. The minimum absolute atomic E-state index is 0.693. The van der Waals surface area contributed by atoms with Gasteiger partial charge >= 0.3 is 0 Å². The average molecular weight is 272 g/mol. The van der Waals surface area contributed by atoms with Crippen LogP contribution in [0.3, 0.4) is 0 Å². The summed E-state index contributed by atoms with van der Waals surface area (Å²) >= 11 is 0. The Bertz CT molecular complexity index is 519. The Morgan fingerprint density at radius 2 is 1.75 bits per heavy atom. The Kier molecular flexibility index (Phi) is 2.32. The summed E-state index contributed by atoms with van der Waals surface area (Å²) in [6, 6.07) is 0.693. The van der Waals surface area contributed by atoms with Gasteiger partial charge in [-0.05, 0) is 55.8 Å². The molecule has 20 heavy (non-hydrogen) atoms. The standard InChI is InChI=1S/C16H24N4/c1-17-16-13-7-18-8-14(13)20(19-16)15-11-3-9-2-10(5-11)6-12(15)4-9/h9-12,15,18H,2-8H2,1H3,(H,17,19). The summed E-state index contributed by atoms with van der Waals surface area (Å²) in [4.78, 5) is 0. The van der Waals surface area contributed by atoms with Crippen LogP contribution in [-0.2, 0) is 13.1 Å². The lowest BCUT2D eigenvalue weighted by molar-refractivity contribution is -0.0345. The third-order valence-corrected chi connectivity index (χ3v) is 6.41. The van der Waals surface area contributed by atoms with Crippen LogP contribution in [0.2, 0.25) is 0 Å². The summed E-state index contributed by atoms with van der Waals surface area (Å²) < 4.78 is 2.44. The van der Waals surface area contributed by atoms with Gasteiger partial charge in [-0.3, -0.25) is 4.68 Å². The van der Waals surface area contributed by atoms with Crippen LogP contribution in [0.4, 0.5) is 5.82 Å². The molecule has 0 unspecified atom stereocenters. The Morgan fingerprint density at radius 1 is 1.05 bits per heavy atom. The zero-order valence-corrected chi connectivity index (χ0v) is 12.2. The van der Waals surface area contributed by atoms with E-state index >= 15 is 0 Å². The molecule has 0 spiro atoms. The van der Waals surface area contributed by atoms with E-state index in [4.69, 9.17) is 5.10 Å². The Balaban J connectivity index is 1.57. The van der Waals surface area contributed by atoms with Gasteiger partial charge in [0.2, 0.25) is 0 Å². The highest BCUT2D eigenvalue weighted by molar-refractivity contribution is 5.48. The van der Waals surface area contributed by atoms with E-state index in [1.807, 2.05) is 7.05 Å². The number of hydrogen-bond donors (Lipinski definition) is 2. The SMILES string of the molecule is CNc1nn(C2C3CC4CC(C3)CC2C4)c2c1CNC2. The van der Waals surface area contributed by atoms with E-state index in [9.17, 15) is 0 Å². The molecule has 2 N–H and O–H groups in total. The fourth-order valence-electron chi connectivity index (χ4n) is 5.93. The van der Waals surface area contributed by atoms with Crippen molar-refractivity contribution in [1.29, 1.82) is 0 Å². The van der Waals surface area contributed by atoms with Crippen LogP contribution in [0.15, 0.2) is 0 Å². The summed E-state index contributed by atoms with van der Waals surface area (Å²) in [7, 11) is 2.00. The van der Waals surface area contributed by atoms with Gasteiger partial charge in [-0.15, -0.1) is 0 Å². The Labute approximate surface area is 120 Å². The minimum atomic E-state index is 0.693. The van der Waals surface area contributed by atoms with E-state index < -0.39 is 0 Å². The lowest BCUT2D eigenvalue weighted by Crippen LogP contribution is -2.46. The Morgan fingerprint density at radius 3 is 2.40 bits per heavy atom. The van der Waals surface area contributed by atoms with E-state index in [1.165, 1.54) is 43.4 Å². The van der Waals surface area contributed by atoms with E-state index in [-0.39, 0.29) is 0 Å². The summed E-state index contributed by atoms with van der Waals surface area (Å²) in [6.45, 7) is 1.99. The number of anilines is 1. The minimum Gasteiger partial charge on any atom is -0.371 e. The number of aromatic nitrogens is 2. The van der Waals surface area contributed by atoms with Crippen LogP contribution in [0.25, 0.3) is 0 Å². The van der Waals surface area contributed by atoms with Gasteiger partial charge in [-0.25, -0.2) is 0 Å². The molecular formula is C16H24N4. The zero-order valence-electron chi connectivity index (χ0n) is 12.2. The molecule has 4 heteroatoms. The fourth-order valence-corrected chi connectivity index (χ4v) is 5.93. The van der Waals surface area contributed by atoms with Crippen molar-refractivity contribution >= 4 is 5.82 Å². The molecule has 1 aliphatic heterocycles. The van der Waals surface area contributed by atoms with Crippen molar-refractivity contribution in [3.05, 3.63) is 11.3 Å². The van der Waals surface area contributed by atoms with E-state index in [0.717, 1.165) is 42.6 Å². The molecule has 4 bridgehead atoms. The fraction of sp³-hybridized carbons (Fsp3) is 0.812. The zero-order chi connectivity index (χ0) is 13.3. The first-order chi connectivity index (χ1) is 9.83. The molecule has 1 aromatic heterocycles. The normalized spacial score (nSPS) is 41.1. The van der Waals surface area contributed by atoms with Crippen LogP contribution in [0.5, 0.6) is 0 Å². The van der Waals surface area contributed by atoms with Gasteiger partial charge in [-0.1, -0.05) is 0 Å². The van der Waals surface area contributed by atoms with Crippen molar-refractivity contribution in [2.75, 3.05) is 12.4 Å². The molecule has 108 valence electrons. The third-order valence-electron chi connectivity index (χ3n) is 6.41. The van der Waals surface area contributed by atoms with Gasteiger partial charge < -0.3 is 10.6 Å². The first kappa shape index (κ1) is 11.6. The topological polar surface area (TPSA) is 41.9 Å². The molecule has 6 rings (SSSR count). The Hall–Kier alpha value is -1.03. The smallest absolute Gasteiger partial charge is 0.152 e. The molecule has 0 atom stereocenters. The highest BCUT2D eigenvalue weighted by Gasteiger charge is 2.50. The maximum atomic E-state index is 4.96. The van der Waals surface area contributed by atoms with E-state index in [2.05, 4.69) is 15.3 Å². The number of rotatable bonds is 2. The third kappa shape index (κ3) is 1.43. The molecule has 5 aliphatic rings. The molecule has 1 aromatic rings. The molecular weight excluding hydrogens is 248 g/mol. The van der Waals surface area contributed by atoms with Crippen molar-refractivity contribution in [3.63, 3.8) is 0 Å². The molecule has 0 radical (unpaired) electrons. The van der Waals surface area contributed by atoms with Gasteiger partial charge in [0.1, 0.15) is 0 Å². The lowest BCUT2D eigenvalue weighted by atomic mass is 9.54. The number of fused-ring (bicyclic) bond motifs is 1. The quantitative estimate of drug-likeness (QED) is 0.869. The summed E-state index contributed by atoms with van der Waals surface area (Å²) in [5.41, 5.74) is 2.88. The summed E-state index contributed by atoms with van der Waals surface area (Å²) in [5.74, 6) is 5.00. The van der Waals surface area contributed by atoms with Crippen molar-refractivity contribution < 1.29 is 0 Å². The first-order valence-corrected chi connectivity index (χ1v) is 8.32. The molecule has 2 heterocycles. The van der Waals surface area contributed by atoms with Crippen LogP contribution < -0.4 is 10.6 Å². The van der Waals surface area contributed by atoms with Crippen LogP contribution in [0.1, 0.15) is 49.4 Å². The van der Waals surface area contributed by atoms with Crippen molar-refractivity contribution in [1.82, 2.24) is 15.1 Å². The molecule has 0 amide bonds. The van der Waals surface area contributed by atoms with Gasteiger partial charge in [0, 0.05) is 25.7 Å². The largest absolute Gasteiger partial charge is 0.371 e. The van der Waals surface area contributed by atoms with Gasteiger partial charge in [0.05, 0.1) is 11.7 Å². The molecule has 4 nitrogen and oxygen atoms in total. The van der Waals surface area contributed by atoms with Gasteiger partial charge in [0.25, 0.3) is 0 Å². The molecule has 4 saturated carbocycles. The number of nitrogens with one attached hydrogen (secondary N) is 2.